The molecule has 170 valence electrons. The Morgan fingerprint density at radius 3 is 1.21 bits per heavy atom. The maximum absolute atomic E-state index is 13.1. The highest BCUT2D eigenvalue weighted by molar-refractivity contribution is 5.97. The molecule has 0 radical (unpaired) electrons. The Kier molecular flexibility index (Phi) is 5.13. The molecule has 34 heavy (non-hydrogen) atoms. The summed E-state index contributed by atoms with van der Waals surface area (Å²) in [5.41, 5.74) is -0.729. The number of para-hydroxylation sites is 2. The van der Waals surface area contributed by atoms with E-state index in [1.807, 2.05) is 0 Å². The lowest BCUT2D eigenvalue weighted by atomic mass is 10.1. The van der Waals surface area contributed by atoms with E-state index in [0.29, 0.717) is 22.6 Å². The quantitative estimate of drug-likeness (QED) is 0.388. The van der Waals surface area contributed by atoms with E-state index in [4.69, 9.17) is 9.47 Å². The summed E-state index contributed by atoms with van der Waals surface area (Å²) in [7, 11) is 3.03. The number of benzene rings is 3. The zero-order valence-electron chi connectivity index (χ0n) is 18.5. The van der Waals surface area contributed by atoms with Crippen LogP contribution in [0.25, 0.3) is 21.5 Å². The summed E-state index contributed by atoms with van der Waals surface area (Å²) in [6, 6.07) is 16.9. The van der Waals surface area contributed by atoms with Crippen LogP contribution >= 0.6 is 0 Å². The van der Waals surface area contributed by atoms with Crippen molar-refractivity contribution in [1.82, 2.24) is 9.13 Å². The summed E-state index contributed by atoms with van der Waals surface area (Å²) in [5.74, 6) is 1.11. The summed E-state index contributed by atoms with van der Waals surface area (Å²) in [6.45, 7) is 0.0334. The first kappa shape index (κ1) is 21.4. The van der Waals surface area contributed by atoms with E-state index in [-0.39, 0.29) is 34.6 Å². The highest BCUT2D eigenvalue weighted by atomic mass is 16.5. The summed E-state index contributed by atoms with van der Waals surface area (Å²) >= 11 is 0. The van der Waals surface area contributed by atoms with E-state index in [0.717, 1.165) is 9.13 Å². The zero-order valence-corrected chi connectivity index (χ0v) is 18.5. The first-order valence-corrected chi connectivity index (χ1v) is 10.6. The number of fused-ring (bicyclic) bond motifs is 2. The molecule has 8 heteroatoms. The first-order chi connectivity index (χ1) is 16.4. The normalized spacial score (nSPS) is 11.4. The molecule has 0 aliphatic carbocycles. The Hall–Kier alpha value is -4.46. The Balaban J connectivity index is 1.66. The molecule has 0 unspecified atom stereocenters. The van der Waals surface area contributed by atoms with Crippen LogP contribution in [0, 0.1) is 0 Å². The predicted octanol–water partition coefficient (Wildman–Crippen LogP) is 2.03. The summed E-state index contributed by atoms with van der Waals surface area (Å²) in [6.07, 6.45) is 0. The van der Waals surface area contributed by atoms with E-state index in [1.165, 1.54) is 26.4 Å². The van der Waals surface area contributed by atoms with Crippen molar-refractivity contribution in [2.45, 2.75) is 13.1 Å². The third-order valence-electron chi connectivity index (χ3n) is 6.10. The lowest BCUT2D eigenvalue weighted by Gasteiger charge is -2.07. The van der Waals surface area contributed by atoms with Gasteiger partial charge in [-0.15, -0.1) is 0 Å². The van der Waals surface area contributed by atoms with Crippen molar-refractivity contribution < 1.29 is 9.47 Å². The van der Waals surface area contributed by atoms with Crippen molar-refractivity contribution in [2.24, 2.45) is 0 Å². The number of nitrogens with zero attached hydrogens (tertiary/aromatic N) is 2. The van der Waals surface area contributed by atoms with Crippen molar-refractivity contribution in [3.63, 3.8) is 0 Å². The van der Waals surface area contributed by atoms with Crippen LogP contribution in [0.1, 0.15) is 11.1 Å². The maximum atomic E-state index is 13.1. The monoisotopic (exact) mass is 456 g/mol. The van der Waals surface area contributed by atoms with Crippen LogP contribution in [-0.2, 0) is 13.1 Å². The predicted molar refractivity (Wildman–Crippen MR) is 129 cm³/mol. The second-order valence-corrected chi connectivity index (χ2v) is 7.96. The lowest BCUT2D eigenvalue weighted by molar-refractivity contribution is 0.408. The number of aromatic nitrogens is 2. The van der Waals surface area contributed by atoms with Gasteiger partial charge < -0.3 is 9.47 Å². The van der Waals surface area contributed by atoms with Gasteiger partial charge in [-0.05, 0) is 24.3 Å². The molecule has 0 aliphatic rings. The van der Waals surface area contributed by atoms with Gasteiger partial charge in [0.1, 0.15) is 11.5 Å². The zero-order chi connectivity index (χ0) is 24.0. The Labute approximate surface area is 192 Å². The molecule has 2 aromatic heterocycles. The smallest absolute Gasteiger partial charge is 0.261 e. The molecule has 8 nitrogen and oxygen atoms in total. The molecule has 0 aliphatic heterocycles. The molecule has 0 saturated carbocycles. The molecular formula is C26H20N2O6. The standard InChI is InChI=1S/C26H20N2O6/c1-33-21-9-5-3-7-15(21)13-27-23(29)17-11-19-20(12-18(17)24(27)30)26(32)28(25(19)31)14-16-8-4-6-10-22(16)34-2/h3-12H,13-14H2,1-2H3. The SMILES string of the molecule is COc1ccccc1Cn1c(=O)c2cc3c(=O)n(Cc4ccccc4OC)c(=O)c3cc2c1=O. The van der Waals surface area contributed by atoms with Crippen LogP contribution in [0.5, 0.6) is 11.5 Å². The average Bonchev–Trinajstić information content (AvgIpc) is 3.23. The van der Waals surface area contributed by atoms with Crippen LogP contribution in [0.15, 0.2) is 79.8 Å². The number of methoxy groups -OCH3 is 2. The van der Waals surface area contributed by atoms with Gasteiger partial charge in [-0.2, -0.15) is 0 Å². The second kappa shape index (κ2) is 8.15. The highest BCUT2D eigenvalue weighted by Gasteiger charge is 2.20. The lowest BCUT2D eigenvalue weighted by Crippen LogP contribution is -2.26. The first-order valence-electron chi connectivity index (χ1n) is 10.6. The molecule has 2 heterocycles. The molecule has 0 bridgehead atoms. The molecule has 0 spiro atoms. The Morgan fingerprint density at radius 1 is 0.559 bits per heavy atom. The Morgan fingerprint density at radius 2 is 0.882 bits per heavy atom. The van der Waals surface area contributed by atoms with Gasteiger partial charge in [-0.3, -0.25) is 28.3 Å². The number of rotatable bonds is 6. The van der Waals surface area contributed by atoms with Crippen molar-refractivity contribution in [2.75, 3.05) is 14.2 Å². The van der Waals surface area contributed by atoms with Gasteiger partial charge in [0.15, 0.2) is 0 Å². The molecule has 5 aromatic rings. The number of hydrogen-bond donors (Lipinski definition) is 0. The molecule has 0 atom stereocenters. The van der Waals surface area contributed by atoms with E-state index >= 15 is 0 Å². The van der Waals surface area contributed by atoms with Crippen LogP contribution in [0.3, 0.4) is 0 Å². The van der Waals surface area contributed by atoms with Gasteiger partial charge in [0.2, 0.25) is 0 Å². The Bertz CT molecular complexity index is 1560. The number of hydrogen-bond acceptors (Lipinski definition) is 6. The fraction of sp³-hybridized carbons (Fsp3) is 0.154. The van der Waals surface area contributed by atoms with E-state index in [2.05, 4.69) is 0 Å². The minimum Gasteiger partial charge on any atom is -0.496 e. The van der Waals surface area contributed by atoms with Crippen LogP contribution in [0.4, 0.5) is 0 Å². The van der Waals surface area contributed by atoms with Gasteiger partial charge in [0, 0.05) is 11.1 Å². The van der Waals surface area contributed by atoms with Crippen molar-refractivity contribution in [3.05, 3.63) is 113 Å². The molecule has 0 amide bonds. The molecule has 5 rings (SSSR count). The van der Waals surface area contributed by atoms with Gasteiger partial charge in [-0.25, -0.2) is 0 Å². The van der Waals surface area contributed by atoms with Crippen LogP contribution in [0.2, 0.25) is 0 Å². The summed E-state index contributed by atoms with van der Waals surface area (Å²) in [5, 5.41) is 0.441. The average molecular weight is 456 g/mol. The molecular weight excluding hydrogens is 436 g/mol. The highest BCUT2D eigenvalue weighted by Crippen LogP contribution is 2.21. The van der Waals surface area contributed by atoms with Crippen LogP contribution < -0.4 is 31.7 Å². The summed E-state index contributed by atoms with van der Waals surface area (Å²) in [4.78, 5) is 52.4. The third-order valence-corrected chi connectivity index (χ3v) is 6.10. The molecule has 0 N–H and O–H groups in total. The molecule has 3 aromatic carbocycles. The van der Waals surface area contributed by atoms with Crippen molar-refractivity contribution in [1.29, 1.82) is 0 Å². The largest absolute Gasteiger partial charge is 0.496 e. The van der Waals surface area contributed by atoms with E-state index < -0.39 is 22.2 Å². The molecule has 0 saturated heterocycles. The fourth-order valence-corrected chi connectivity index (χ4v) is 4.37. The van der Waals surface area contributed by atoms with E-state index in [9.17, 15) is 19.2 Å². The number of ether oxygens (including phenoxy) is 2. The summed E-state index contributed by atoms with van der Waals surface area (Å²) < 4.78 is 12.8. The van der Waals surface area contributed by atoms with Crippen LogP contribution in [-0.4, -0.2) is 23.4 Å². The van der Waals surface area contributed by atoms with Gasteiger partial charge in [0.25, 0.3) is 22.2 Å². The topological polar surface area (TPSA) is 96.6 Å². The maximum Gasteiger partial charge on any atom is 0.261 e. The van der Waals surface area contributed by atoms with Gasteiger partial charge in [-0.1, -0.05) is 36.4 Å². The van der Waals surface area contributed by atoms with Gasteiger partial charge in [0.05, 0.1) is 48.9 Å². The third kappa shape index (κ3) is 3.23. The second-order valence-electron chi connectivity index (χ2n) is 7.96. The minimum atomic E-state index is -0.517. The molecule has 0 fully saturated rings. The van der Waals surface area contributed by atoms with Crippen molar-refractivity contribution >= 4 is 21.5 Å². The minimum absolute atomic E-state index is 0.0167. The van der Waals surface area contributed by atoms with E-state index in [1.54, 1.807) is 48.5 Å². The fourth-order valence-electron chi connectivity index (χ4n) is 4.37. The van der Waals surface area contributed by atoms with Crippen molar-refractivity contribution in [3.8, 4) is 11.5 Å². The van der Waals surface area contributed by atoms with Gasteiger partial charge >= 0.3 is 0 Å².